The lowest BCUT2D eigenvalue weighted by Gasteiger charge is -2.44. The predicted molar refractivity (Wildman–Crippen MR) is 152 cm³/mol. The molecule has 0 amide bonds. The zero-order chi connectivity index (χ0) is 28.5. The normalized spacial score (nSPS) is 19.4. The summed E-state index contributed by atoms with van der Waals surface area (Å²) in [6.45, 7) is 11.1. The van der Waals surface area contributed by atoms with Gasteiger partial charge in [-0.25, -0.2) is 4.79 Å². The van der Waals surface area contributed by atoms with Gasteiger partial charge in [0.05, 0.1) is 12.5 Å². The van der Waals surface area contributed by atoms with E-state index in [2.05, 4.69) is 50.8 Å². The molecule has 1 atom stereocenters. The maximum Gasteiger partial charge on any atom is 0.339 e. The summed E-state index contributed by atoms with van der Waals surface area (Å²) < 4.78 is 0. The first-order valence-electron chi connectivity index (χ1n) is 13.5. The molecule has 0 spiro atoms. The van der Waals surface area contributed by atoms with Gasteiger partial charge in [-0.2, -0.15) is 0 Å². The monoisotopic (exact) mass is 533 g/mol. The van der Waals surface area contributed by atoms with E-state index in [1.165, 1.54) is 28.8 Å². The first-order chi connectivity index (χ1) is 18.3. The molecular formula is C32H39NO6. The van der Waals surface area contributed by atoms with E-state index >= 15 is 0 Å². The molecule has 0 saturated carbocycles. The number of fused-ring (bicyclic) bond motifs is 1. The van der Waals surface area contributed by atoms with Crippen molar-refractivity contribution in [2.75, 3.05) is 19.6 Å². The van der Waals surface area contributed by atoms with E-state index in [0.29, 0.717) is 18.7 Å². The third-order valence-electron chi connectivity index (χ3n) is 8.29. The van der Waals surface area contributed by atoms with Crippen molar-refractivity contribution in [1.29, 1.82) is 0 Å². The average molecular weight is 534 g/mol. The van der Waals surface area contributed by atoms with Gasteiger partial charge in [0.1, 0.15) is 11.3 Å². The second kappa shape index (κ2) is 11.0. The van der Waals surface area contributed by atoms with E-state index in [9.17, 15) is 19.8 Å². The lowest BCUT2D eigenvalue weighted by Crippen LogP contribution is -2.36. The molecule has 4 N–H and O–H groups in total. The van der Waals surface area contributed by atoms with Crippen LogP contribution < -0.4 is 0 Å². The van der Waals surface area contributed by atoms with Crippen LogP contribution in [0.5, 0.6) is 5.75 Å². The maximum absolute atomic E-state index is 11.3. The summed E-state index contributed by atoms with van der Waals surface area (Å²) in [5.41, 5.74) is 6.10. The van der Waals surface area contributed by atoms with Crippen LogP contribution in [0.3, 0.4) is 0 Å². The molecule has 1 aliphatic carbocycles. The Morgan fingerprint density at radius 1 is 1.05 bits per heavy atom. The summed E-state index contributed by atoms with van der Waals surface area (Å²) in [5, 5.41) is 39.5. The number of rotatable bonds is 8. The van der Waals surface area contributed by atoms with Gasteiger partial charge in [-0.3, -0.25) is 9.69 Å². The van der Waals surface area contributed by atoms with Gasteiger partial charge in [-0.05, 0) is 81.7 Å². The zero-order valence-corrected chi connectivity index (χ0v) is 23.2. The summed E-state index contributed by atoms with van der Waals surface area (Å²) in [4.78, 5) is 24.4. The van der Waals surface area contributed by atoms with E-state index in [4.69, 9.17) is 10.2 Å². The minimum Gasteiger partial charge on any atom is -0.507 e. The number of nitrogens with zero attached hydrogens (tertiary/aromatic N) is 1. The number of phenols is 1. The number of aromatic carboxylic acids is 1. The Hall–Kier alpha value is -3.42. The molecule has 4 rings (SSSR count). The van der Waals surface area contributed by atoms with Crippen molar-refractivity contribution in [3.63, 3.8) is 0 Å². The highest BCUT2D eigenvalue weighted by Gasteiger charge is 2.39. The Bertz CT molecular complexity index is 1340. The highest BCUT2D eigenvalue weighted by atomic mass is 16.4. The molecule has 208 valence electrons. The average Bonchev–Trinajstić information content (AvgIpc) is 2.88. The molecule has 1 unspecified atom stereocenters. The van der Waals surface area contributed by atoms with Gasteiger partial charge in [0.15, 0.2) is 0 Å². The summed E-state index contributed by atoms with van der Waals surface area (Å²) in [7, 11) is 0. The summed E-state index contributed by atoms with van der Waals surface area (Å²) in [6, 6.07) is 8.54. The molecule has 0 saturated heterocycles. The van der Waals surface area contributed by atoms with E-state index in [1.54, 1.807) is 18.2 Å². The smallest absolute Gasteiger partial charge is 0.339 e. The van der Waals surface area contributed by atoms with Crippen LogP contribution in [0.1, 0.15) is 97.7 Å². The fourth-order valence-electron chi connectivity index (χ4n) is 5.80. The van der Waals surface area contributed by atoms with Gasteiger partial charge < -0.3 is 20.4 Å². The number of aliphatic hydroxyl groups excluding tert-OH is 1. The van der Waals surface area contributed by atoms with Crippen molar-refractivity contribution in [1.82, 2.24) is 4.90 Å². The van der Waals surface area contributed by atoms with Crippen LogP contribution in [-0.2, 0) is 15.6 Å². The second-order valence-corrected chi connectivity index (χ2v) is 12.1. The molecule has 1 aliphatic heterocycles. The minimum atomic E-state index is -1.20. The lowest BCUT2D eigenvalue weighted by atomic mass is 9.61. The van der Waals surface area contributed by atoms with Gasteiger partial charge >= 0.3 is 11.9 Å². The molecule has 1 heterocycles. The first-order valence-corrected chi connectivity index (χ1v) is 13.5. The van der Waals surface area contributed by atoms with Crippen LogP contribution >= 0.6 is 0 Å². The highest BCUT2D eigenvalue weighted by Crippen LogP contribution is 2.50. The SMILES string of the molecule is CC1(C)CCC(C)(C)c2c(C3=CCN(CCC(=O)O)CC3)cc(C(O)C=Cc3ccc(C(=O)O)c(O)c3)cc21. The Morgan fingerprint density at radius 2 is 1.77 bits per heavy atom. The van der Waals surface area contributed by atoms with E-state index < -0.39 is 18.0 Å². The Kier molecular flexibility index (Phi) is 8.05. The molecule has 39 heavy (non-hydrogen) atoms. The van der Waals surface area contributed by atoms with Crippen LogP contribution in [0.2, 0.25) is 0 Å². The molecule has 2 aromatic carbocycles. The number of aliphatic hydroxyl groups is 1. The number of benzene rings is 2. The van der Waals surface area contributed by atoms with Crippen LogP contribution in [0.15, 0.2) is 42.5 Å². The lowest BCUT2D eigenvalue weighted by molar-refractivity contribution is -0.137. The number of hydrogen-bond donors (Lipinski definition) is 4. The van der Waals surface area contributed by atoms with Crippen molar-refractivity contribution in [2.45, 2.75) is 70.3 Å². The minimum absolute atomic E-state index is 0.0236. The Labute approximate surface area is 230 Å². The summed E-state index contributed by atoms with van der Waals surface area (Å²) in [5.74, 6) is -2.30. The van der Waals surface area contributed by atoms with Gasteiger partial charge in [0.25, 0.3) is 0 Å². The summed E-state index contributed by atoms with van der Waals surface area (Å²) >= 11 is 0. The van der Waals surface area contributed by atoms with Crippen LogP contribution in [0.25, 0.3) is 11.6 Å². The third kappa shape index (κ3) is 6.26. The van der Waals surface area contributed by atoms with Crippen LogP contribution in [0, 0.1) is 0 Å². The fourth-order valence-corrected chi connectivity index (χ4v) is 5.80. The van der Waals surface area contributed by atoms with E-state index in [1.807, 2.05) is 0 Å². The number of carboxylic acids is 2. The van der Waals surface area contributed by atoms with E-state index in [0.717, 1.165) is 36.9 Å². The molecule has 0 aromatic heterocycles. The molecular weight excluding hydrogens is 494 g/mol. The van der Waals surface area contributed by atoms with Crippen LogP contribution in [-0.4, -0.2) is 56.9 Å². The zero-order valence-electron chi connectivity index (χ0n) is 23.2. The van der Waals surface area contributed by atoms with E-state index in [-0.39, 0.29) is 28.6 Å². The van der Waals surface area contributed by atoms with Gasteiger partial charge in [-0.15, -0.1) is 0 Å². The quantitative estimate of drug-likeness (QED) is 0.341. The molecule has 2 aliphatic rings. The topological polar surface area (TPSA) is 118 Å². The van der Waals surface area contributed by atoms with Gasteiger partial charge in [0.2, 0.25) is 0 Å². The fraction of sp³-hybridized carbons (Fsp3) is 0.438. The van der Waals surface area contributed by atoms with Crippen molar-refractivity contribution in [2.24, 2.45) is 0 Å². The maximum atomic E-state index is 11.3. The van der Waals surface area contributed by atoms with Crippen molar-refractivity contribution in [3.8, 4) is 5.75 Å². The number of aliphatic carboxylic acids is 1. The highest BCUT2D eigenvalue weighted by molar-refractivity contribution is 5.91. The number of carboxylic acid groups (broad SMARTS) is 2. The molecule has 2 aromatic rings. The number of aromatic hydroxyl groups is 1. The first kappa shape index (κ1) is 28.6. The van der Waals surface area contributed by atoms with Crippen molar-refractivity contribution < 1.29 is 30.0 Å². The van der Waals surface area contributed by atoms with Crippen molar-refractivity contribution in [3.05, 3.63) is 75.9 Å². The standard InChI is InChI=1S/C32H39NO6/c1-31(2)12-13-32(3,4)29-24(21-9-14-33(15-10-21)16-11-28(36)37)18-22(19-25(29)31)26(34)8-6-20-5-7-23(30(38)39)27(35)17-20/h5-9,17-19,26,34-35H,10-16H2,1-4H3,(H,36,37)(H,38,39). The number of carbonyl (C=O) groups is 2. The van der Waals surface area contributed by atoms with Crippen LogP contribution in [0.4, 0.5) is 0 Å². The second-order valence-electron chi connectivity index (χ2n) is 12.1. The van der Waals surface area contributed by atoms with Gasteiger partial charge in [0, 0.05) is 19.6 Å². The summed E-state index contributed by atoms with van der Waals surface area (Å²) in [6.07, 6.45) is 7.70. The van der Waals surface area contributed by atoms with Gasteiger partial charge in [-0.1, -0.05) is 58.1 Å². The Balaban J connectivity index is 1.71. The predicted octanol–water partition coefficient (Wildman–Crippen LogP) is 5.75. The Morgan fingerprint density at radius 3 is 2.38 bits per heavy atom. The molecule has 7 heteroatoms. The third-order valence-corrected chi connectivity index (χ3v) is 8.29. The molecule has 7 nitrogen and oxygen atoms in total. The number of hydrogen-bond acceptors (Lipinski definition) is 5. The molecule has 0 radical (unpaired) electrons. The molecule has 0 bridgehead atoms. The molecule has 0 fully saturated rings. The largest absolute Gasteiger partial charge is 0.507 e. The van der Waals surface area contributed by atoms with Crippen molar-refractivity contribution >= 4 is 23.6 Å².